The zero-order valence-electron chi connectivity index (χ0n) is 11.1. The number of aryl methyl sites for hydroxylation is 2. The van der Waals surface area contributed by atoms with Crippen molar-refractivity contribution in [3.05, 3.63) is 29.3 Å². The van der Waals surface area contributed by atoms with E-state index in [1.54, 1.807) is 19.1 Å². The third-order valence-electron chi connectivity index (χ3n) is 3.64. The summed E-state index contributed by atoms with van der Waals surface area (Å²) in [7, 11) is -3.66. The van der Waals surface area contributed by atoms with Gasteiger partial charge < -0.3 is 4.74 Å². The van der Waals surface area contributed by atoms with Crippen molar-refractivity contribution in [1.29, 1.82) is 5.26 Å². The topological polar surface area (TPSA) is 67.2 Å². The molecular formula is C14H17NO3S. The van der Waals surface area contributed by atoms with Crippen LogP contribution in [0.3, 0.4) is 0 Å². The summed E-state index contributed by atoms with van der Waals surface area (Å²) in [5.41, 5.74) is 1.70. The number of benzene rings is 1. The molecule has 102 valence electrons. The maximum absolute atomic E-state index is 12.8. The molecule has 0 aliphatic carbocycles. The summed E-state index contributed by atoms with van der Waals surface area (Å²) in [6.07, 6.45) is 0.471. The minimum absolute atomic E-state index is 0.235. The first-order valence-electron chi connectivity index (χ1n) is 6.24. The molecule has 0 amide bonds. The summed E-state index contributed by atoms with van der Waals surface area (Å²) in [5.74, 6) is 0. The summed E-state index contributed by atoms with van der Waals surface area (Å²) in [6.45, 7) is 4.32. The highest BCUT2D eigenvalue weighted by Crippen LogP contribution is 2.35. The van der Waals surface area contributed by atoms with Crippen LogP contribution >= 0.6 is 0 Å². The molecule has 2 rings (SSSR count). The molecule has 0 bridgehead atoms. The summed E-state index contributed by atoms with van der Waals surface area (Å²) in [4.78, 5) is 0.265. The molecule has 4 nitrogen and oxygen atoms in total. The van der Waals surface area contributed by atoms with Crippen molar-refractivity contribution < 1.29 is 13.2 Å². The Hall–Kier alpha value is -1.38. The van der Waals surface area contributed by atoms with E-state index in [0.717, 1.165) is 5.56 Å². The Balaban J connectivity index is 2.55. The first kappa shape index (κ1) is 14.0. The molecule has 1 aliphatic heterocycles. The molecule has 0 aromatic heterocycles. The maximum Gasteiger partial charge on any atom is 0.197 e. The molecular weight excluding hydrogens is 262 g/mol. The van der Waals surface area contributed by atoms with Crippen LogP contribution in [0.15, 0.2) is 23.1 Å². The van der Waals surface area contributed by atoms with Crippen molar-refractivity contribution >= 4 is 9.84 Å². The standard InChI is InChI=1S/C14H17NO3S/c1-11-3-4-13(12(2)9-11)19(16,17)14(10-15)5-7-18-8-6-14/h3-4,9H,5-8H2,1-2H3. The predicted molar refractivity (Wildman–Crippen MR) is 71.5 cm³/mol. The lowest BCUT2D eigenvalue weighted by Gasteiger charge is -2.30. The van der Waals surface area contributed by atoms with E-state index in [2.05, 4.69) is 0 Å². The predicted octanol–water partition coefficient (Wildman–Crippen LogP) is 2.15. The van der Waals surface area contributed by atoms with Crippen molar-refractivity contribution in [3.8, 4) is 6.07 Å². The Morgan fingerprint density at radius 2 is 1.89 bits per heavy atom. The van der Waals surface area contributed by atoms with Crippen LogP contribution in [0.4, 0.5) is 0 Å². The lowest BCUT2D eigenvalue weighted by Crippen LogP contribution is -2.42. The van der Waals surface area contributed by atoms with E-state index in [9.17, 15) is 13.7 Å². The average molecular weight is 279 g/mol. The second-order valence-electron chi connectivity index (χ2n) is 4.99. The second-order valence-corrected chi connectivity index (χ2v) is 7.22. The van der Waals surface area contributed by atoms with Gasteiger partial charge in [0.05, 0.1) is 11.0 Å². The van der Waals surface area contributed by atoms with Crippen LogP contribution in [-0.2, 0) is 14.6 Å². The van der Waals surface area contributed by atoms with Gasteiger partial charge in [0, 0.05) is 26.1 Å². The third kappa shape index (κ3) is 2.26. The van der Waals surface area contributed by atoms with E-state index in [0.29, 0.717) is 18.8 Å². The molecule has 1 aliphatic rings. The van der Waals surface area contributed by atoms with Crippen LogP contribution in [0.25, 0.3) is 0 Å². The lowest BCUT2D eigenvalue weighted by atomic mass is 10.0. The molecule has 19 heavy (non-hydrogen) atoms. The van der Waals surface area contributed by atoms with Crippen LogP contribution in [-0.4, -0.2) is 26.4 Å². The molecule has 1 aromatic rings. The number of nitrogens with zero attached hydrogens (tertiary/aromatic N) is 1. The Labute approximate surface area is 113 Å². The maximum atomic E-state index is 12.8. The zero-order chi connectivity index (χ0) is 14.1. The number of sulfone groups is 1. The molecule has 0 unspecified atom stereocenters. The molecule has 0 atom stereocenters. The Morgan fingerprint density at radius 1 is 1.26 bits per heavy atom. The third-order valence-corrected chi connectivity index (χ3v) is 6.20. The van der Waals surface area contributed by atoms with Crippen molar-refractivity contribution in [2.75, 3.05) is 13.2 Å². The number of hydrogen-bond acceptors (Lipinski definition) is 4. The zero-order valence-corrected chi connectivity index (χ0v) is 12.0. The van der Waals surface area contributed by atoms with E-state index in [-0.39, 0.29) is 17.7 Å². The summed E-state index contributed by atoms with van der Waals surface area (Å²) in [6, 6.07) is 7.23. The molecule has 5 heteroatoms. The molecule has 1 fully saturated rings. The smallest absolute Gasteiger partial charge is 0.197 e. The van der Waals surface area contributed by atoms with E-state index in [1.165, 1.54) is 0 Å². The van der Waals surface area contributed by atoms with Gasteiger partial charge in [-0.05, 0) is 25.5 Å². The van der Waals surface area contributed by atoms with Crippen LogP contribution < -0.4 is 0 Å². The number of rotatable bonds is 2. The summed E-state index contributed by atoms with van der Waals surface area (Å²) < 4.78 is 29.4. The monoisotopic (exact) mass is 279 g/mol. The van der Waals surface area contributed by atoms with Gasteiger partial charge in [-0.1, -0.05) is 17.7 Å². The molecule has 0 N–H and O–H groups in total. The van der Waals surface area contributed by atoms with E-state index in [1.807, 2.05) is 19.1 Å². The first-order chi connectivity index (χ1) is 8.93. The minimum Gasteiger partial charge on any atom is -0.381 e. The fraction of sp³-hybridized carbons (Fsp3) is 0.500. The highest BCUT2D eigenvalue weighted by atomic mass is 32.2. The normalized spacial score (nSPS) is 18.8. The van der Waals surface area contributed by atoms with Gasteiger partial charge in [0.25, 0.3) is 0 Å². The summed E-state index contributed by atoms with van der Waals surface area (Å²) >= 11 is 0. The van der Waals surface area contributed by atoms with Gasteiger partial charge in [0.1, 0.15) is 0 Å². The molecule has 1 saturated heterocycles. The SMILES string of the molecule is Cc1ccc(S(=O)(=O)C2(C#N)CCOCC2)c(C)c1. The van der Waals surface area contributed by atoms with Crippen molar-refractivity contribution in [2.45, 2.75) is 36.3 Å². The average Bonchev–Trinajstić information content (AvgIpc) is 2.39. The van der Waals surface area contributed by atoms with E-state index >= 15 is 0 Å². The minimum atomic E-state index is -3.66. The highest BCUT2D eigenvalue weighted by molar-refractivity contribution is 7.93. The molecule has 0 radical (unpaired) electrons. The van der Waals surface area contributed by atoms with Crippen LogP contribution in [0, 0.1) is 25.2 Å². The molecule has 0 spiro atoms. The van der Waals surface area contributed by atoms with Gasteiger partial charge in [-0.25, -0.2) is 8.42 Å². The van der Waals surface area contributed by atoms with Crippen LogP contribution in [0.5, 0.6) is 0 Å². The molecule has 1 heterocycles. The van der Waals surface area contributed by atoms with Crippen molar-refractivity contribution in [2.24, 2.45) is 0 Å². The van der Waals surface area contributed by atoms with Crippen LogP contribution in [0.1, 0.15) is 24.0 Å². The largest absolute Gasteiger partial charge is 0.381 e. The summed E-state index contributed by atoms with van der Waals surface area (Å²) in [5, 5.41) is 9.40. The Morgan fingerprint density at radius 3 is 2.42 bits per heavy atom. The Kier molecular flexibility index (Phi) is 3.66. The number of hydrogen-bond donors (Lipinski definition) is 0. The van der Waals surface area contributed by atoms with Crippen molar-refractivity contribution in [3.63, 3.8) is 0 Å². The van der Waals surface area contributed by atoms with Gasteiger partial charge in [-0.3, -0.25) is 0 Å². The van der Waals surface area contributed by atoms with E-state index < -0.39 is 14.6 Å². The highest BCUT2D eigenvalue weighted by Gasteiger charge is 2.46. The van der Waals surface area contributed by atoms with Crippen LogP contribution in [0.2, 0.25) is 0 Å². The number of ether oxygens (including phenoxy) is 1. The molecule has 1 aromatic carbocycles. The fourth-order valence-corrected chi connectivity index (χ4v) is 4.43. The Bertz CT molecular complexity index is 623. The second kappa shape index (κ2) is 4.95. The van der Waals surface area contributed by atoms with E-state index in [4.69, 9.17) is 4.74 Å². The lowest BCUT2D eigenvalue weighted by molar-refractivity contribution is 0.0863. The van der Waals surface area contributed by atoms with Gasteiger partial charge in [-0.15, -0.1) is 0 Å². The van der Waals surface area contributed by atoms with Gasteiger partial charge in [0.15, 0.2) is 14.6 Å². The fourth-order valence-electron chi connectivity index (χ4n) is 2.45. The molecule has 0 saturated carbocycles. The van der Waals surface area contributed by atoms with Gasteiger partial charge >= 0.3 is 0 Å². The van der Waals surface area contributed by atoms with Gasteiger partial charge in [0.2, 0.25) is 0 Å². The van der Waals surface area contributed by atoms with Gasteiger partial charge in [-0.2, -0.15) is 5.26 Å². The van der Waals surface area contributed by atoms with Crippen molar-refractivity contribution in [1.82, 2.24) is 0 Å². The first-order valence-corrected chi connectivity index (χ1v) is 7.72. The number of nitriles is 1. The quantitative estimate of drug-likeness (QED) is 0.832.